The van der Waals surface area contributed by atoms with E-state index in [1.165, 1.54) is 0 Å². The highest BCUT2D eigenvalue weighted by Gasteiger charge is 2.45. The molecule has 110 valence electrons. The van der Waals surface area contributed by atoms with Gasteiger partial charge in [-0.25, -0.2) is 0 Å². The van der Waals surface area contributed by atoms with E-state index >= 15 is 0 Å². The van der Waals surface area contributed by atoms with E-state index in [4.69, 9.17) is 4.74 Å². The van der Waals surface area contributed by atoms with Gasteiger partial charge in [-0.1, -0.05) is 13.8 Å². The molecule has 2 saturated heterocycles. The third kappa shape index (κ3) is 3.11. The van der Waals surface area contributed by atoms with Crippen LogP contribution in [0.15, 0.2) is 0 Å². The summed E-state index contributed by atoms with van der Waals surface area (Å²) in [6.07, 6.45) is 2.78. The molecule has 2 heterocycles. The van der Waals surface area contributed by atoms with Crippen LogP contribution in [0.4, 0.5) is 0 Å². The van der Waals surface area contributed by atoms with Gasteiger partial charge in [0.1, 0.15) is 0 Å². The van der Waals surface area contributed by atoms with Crippen molar-refractivity contribution in [1.82, 2.24) is 10.6 Å². The van der Waals surface area contributed by atoms with Crippen molar-refractivity contribution in [2.45, 2.75) is 58.6 Å². The number of rotatable bonds is 3. The van der Waals surface area contributed by atoms with Crippen molar-refractivity contribution < 1.29 is 9.53 Å². The first-order valence-corrected chi connectivity index (χ1v) is 7.51. The van der Waals surface area contributed by atoms with Crippen molar-refractivity contribution in [2.75, 3.05) is 19.7 Å². The fraction of sp³-hybridized carbons (Fsp3) is 0.933. The second kappa shape index (κ2) is 5.41. The number of carbonyl (C=O) groups excluding carboxylic acids is 1. The van der Waals surface area contributed by atoms with E-state index in [2.05, 4.69) is 38.3 Å². The highest BCUT2D eigenvalue weighted by Crippen LogP contribution is 2.35. The van der Waals surface area contributed by atoms with E-state index in [0.29, 0.717) is 5.92 Å². The average molecular weight is 268 g/mol. The topological polar surface area (TPSA) is 50.4 Å². The Morgan fingerprint density at radius 2 is 2.16 bits per heavy atom. The van der Waals surface area contributed by atoms with Crippen LogP contribution in [0.25, 0.3) is 0 Å². The lowest BCUT2D eigenvalue weighted by Gasteiger charge is -2.38. The molecule has 0 aromatic carbocycles. The molecule has 2 aliphatic heterocycles. The Labute approximate surface area is 116 Å². The second-order valence-corrected chi connectivity index (χ2v) is 7.01. The van der Waals surface area contributed by atoms with Crippen LogP contribution in [-0.4, -0.2) is 37.2 Å². The fourth-order valence-electron chi connectivity index (χ4n) is 3.34. The van der Waals surface area contributed by atoms with Crippen LogP contribution in [0.5, 0.6) is 0 Å². The summed E-state index contributed by atoms with van der Waals surface area (Å²) in [7, 11) is 0. The Morgan fingerprint density at radius 3 is 2.68 bits per heavy atom. The third-order valence-electron chi connectivity index (χ3n) is 4.78. The minimum atomic E-state index is -0.220. The van der Waals surface area contributed by atoms with Gasteiger partial charge in [0.2, 0.25) is 5.91 Å². The van der Waals surface area contributed by atoms with Gasteiger partial charge in [-0.2, -0.15) is 0 Å². The number of hydrogen-bond acceptors (Lipinski definition) is 3. The Morgan fingerprint density at radius 1 is 1.42 bits per heavy atom. The van der Waals surface area contributed by atoms with Gasteiger partial charge in [-0.15, -0.1) is 0 Å². The standard InChI is InChI=1S/C15H28N2O2/c1-11(2)15(6-7-16-10-15)13(18)17-12-5-8-19-14(3,4)9-12/h11-12,16H,5-10H2,1-4H3,(H,17,18). The zero-order valence-electron chi connectivity index (χ0n) is 12.7. The van der Waals surface area contributed by atoms with Gasteiger partial charge < -0.3 is 15.4 Å². The van der Waals surface area contributed by atoms with Crippen LogP contribution in [-0.2, 0) is 9.53 Å². The van der Waals surface area contributed by atoms with Crippen LogP contribution in [0.1, 0.15) is 47.0 Å². The Hall–Kier alpha value is -0.610. The first-order valence-electron chi connectivity index (χ1n) is 7.51. The summed E-state index contributed by atoms with van der Waals surface area (Å²) in [4.78, 5) is 12.7. The molecule has 2 atom stereocenters. The molecule has 0 radical (unpaired) electrons. The summed E-state index contributed by atoms with van der Waals surface area (Å²) in [6.45, 7) is 11.0. The summed E-state index contributed by atoms with van der Waals surface area (Å²) in [5.74, 6) is 0.602. The monoisotopic (exact) mass is 268 g/mol. The molecule has 2 fully saturated rings. The first kappa shape index (κ1) is 14.8. The molecule has 4 heteroatoms. The van der Waals surface area contributed by atoms with Crippen molar-refractivity contribution in [3.05, 3.63) is 0 Å². The van der Waals surface area contributed by atoms with Crippen molar-refractivity contribution >= 4 is 5.91 Å². The third-order valence-corrected chi connectivity index (χ3v) is 4.78. The molecule has 0 bridgehead atoms. The second-order valence-electron chi connectivity index (χ2n) is 7.01. The molecule has 0 aromatic heterocycles. The fourth-order valence-corrected chi connectivity index (χ4v) is 3.34. The summed E-state index contributed by atoms with van der Waals surface area (Å²) >= 11 is 0. The number of amides is 1. The molecule has 2 rings (SSSR count). The smallest absolute Gasteiger partial charge is 0.228 e. The molecule has 4 nitrogen and oxygen atoms in total. The lowest BCUT2D eigenvalue weighted by molar-refractivity contribution is -0.135. The van der Waals surface area contributed by atoms with Crippen LogP contribution in [0.3, 0.4) is 0 Å². The largest absolute Gasteiger partial charge is 0.375 e. The van der Waals surface area contributed by atoms with Gasteiger partial charge in [0.15, 0.2) is 0 Å². The maximum atomic E-state index is 12.7. The van der Waals surface area contributed by atoms with Crippen molar-refractivity contribution in [3.8, 4) is 0 Å². The normalized spacial score (nSPS) is 34.5. The van der Waals surface area contributed by atoms with Crippen LogP contribution < -0.4 is 10.6 Å². The quantitative estimate of drug-likeness (QED) is 0.819. The van der Waals surface area contributed by atoms with Gasteiger partial charge in [0, 0.05) is 19.2 Å². The van der Waals surface area contributed by atoms with Gasteiger partial charge in [0.05, 0.1) is 11.0 Å². The highest BCUT2D eigenvalue weighted by atomic mass is 16.5. The molecule has 1 amide bonds. The molecule has 0 saturated carbocycles. The Balaban J connectivity index is 2.00. The van der Waals surface area contributed by atoms with Crippen molar-refractivity contribution in [3.63, 3.8) is 0 Å². The van der Waals surface area contributed by atoms with E-state index in [1.54, 1.807) is 0 Å². The maximum Gasteiger partial charge on any atom is 0.228 e. The van der Waals surface area contributed by atoms with Gasteiger partial charge in [-0.05, 0) is 45.6 Å². The zero-order chi connectivity index (χ0) is 14.1. The molecule has 0 spiro atoms. The number of carbonyl (C=O) groups is 1. The van der Waals surface area contributed by atoms with E-state index < -0.39 is 0 Å². The SMILES string of the molecule is CC(C)C1(C(=O)NC2CCOC(C)(C)C2)CCNC1. The number of hydrogen-bond donors (Lipinski definition) is 2. The summed E-state index contributed by atoms with van der Waals surface area (Å²) in [5, 5.41) is 6.62. The summed E-state index contributed by atoms with van der Waals surface area (Å²) in [5.41, 5.74) is -0.336. The molecule has 2 aliphatic rings. The highest BCUT2D eigenvalue weighted by molar-refractivity contribution is 5.83. The molecule has 2 unspecified atom stereocenters. The molecule has 0 aromatic rings. The molecule has 0 aliphatic carbocycles. The minimum absolute atomic E-state index is 0.116. The van der Waals surface area contributed by atoms with E-state index in [1.807, 2.05) is 0 Å². The maximum absolute atomic E-state index is 12.7. The Bertz CT molecular complexity index is 333. The summed E-state index contributed by atoms with van der Waals surface area (Å²) in [6, 6.07) is 0.257. The molecule has 19 heavy (non-hydrogen) atoms. The first-order chi connectivity index (χ1) is 8.86. The van der Waals surface area contributed by atoms with E-state index in [9.17, 15) is 4.79 Å². The molecular weight excluding hydrogens is 240 g/mol. The van der Waals surface area contributed by atoms with Gasteiger partial charge in [0.25, 0.3) is 0 Å². The van der Waals surface area contributed by atoms with Crippen LogP contribution >= 0.6 is 0 Å². The number of ether oxygens (including phenoxy) is 1. The lowest BCUT2D eigenvalue weighted by Crippen LogP contribution is -2.52. The van der Waals surface area contributed by atoms with Gasteiger partial charge >= 0.3 is 0 Å². The predicted octanol–water partition coefficient (Wildman–Crippen LogP) is 1.70. The lowest BCUT2D eigenvalue weighted by atomic mass is 9.75. The molecule has 2 N–H and O–H groups in total. The predicted molar refractivity (Wildman–Crippen MR) is 76.0 cm³/mol. The zero-order valence-corrected chi connectivity index (χ0v) is 12.7. The van der Waals surface area contributed by atoms with Crippen LogP contribution in [0.2, 0.25) is 0 Å². The van der Waals surface area contributed by atoms with Crippen LogP contribution in [0, 0.1) is 11.3 Å². The average Bonchev–Trinajstić information content (AvgIpc) is 2.77. The van der Waals surface area contributed by atoms with Crippen molar-refractivity contribution in [1.29, 1.82) is 0 Å². The van der Waals surface area contributed by atoms with E-state index in [0.717, 1.165) is 39.0 Å². The minimum Gasteiger partial charge on any atom is -0.375 e. The summed E-state index contributed by atoms with van der Waals surface area (Å²) < 4.78 is 5.71. The van der Waals surface area contributed by atoms with Crippen molar-refractivity contribution in [2.24, 2.45) is 11.3 Å². The Kier molecular flexibility index (Phi) is 4.21. The van der Waals surface area contributed by atoms with Gasteiger partial charge in [-0.3, -0.25) is 4.79 Å². The van der Waals surface area contributed by atoms with E-state index in [-0.39, 0.29) is 23.0 Å². The molecular formula is C15H28N2O2. The number of nitrogens with one attached hydrogen (secondary N) is 2.